The molecule has 31 heavy (non-hydrogen) atoms. The molecule has 3 aliphatic rings. The maximum atomic E-state index is 12.5. The van der Waals surface area contributed by atoms with Crippen molar-refractivity contribution >= 4 is 17.7 Å². The zero-order chi connectivity index (χ0) is 21.6. The van der Waals surface area contributed by atoms with Crippen LogP contribution in [0.2, 0.25) is 0 Å². The predicted molar refractivity (Wildman–Crippen MR) is 118 cm³/mol. The first kappa shape index (κ1) is 22.1. The Kier molecular flexibility index (Phi) is 7.43. The van der Waals surface area contributed by atoms with Gasteiger partial charge in [0, 0.05) is 12.2 Å². The SMILES string of the molecule is O=C(O)[C@H](CCCCCCCc1ccc2c(n1)NCCC2)NC(=O)[C@H]1CC2CCC1O2. The molecule has 3 aliphatic heterocycles. The fourth-order valence-corrected chi connectivity index (χ4v) is 5.14. The van der Waals surface area contributed by atoms with Crippen molar-refractivity contribution in [2.45, 2.75) is 95.3 Å². The summed E-state index contributed by atoms with van der Waals surface area (Å²) in [6.45, 7) is 1.01. The fourth-order valence-electron chi connectivity index (χ4n) is 5.14. The molecular formula is C24H35N3O4. The van der Waals surface area contributed by atoms with Crippen molar-refractivity contribution in [1.82, 2.24) is 10.3 Å². The number of carbonyl (C=O) groups is 2. The minimum atomic E-state index is -0.940. The molecule has 1 aromatic rings. The number of aromatic nitrogens is 1. The number of nitrogens with zero attached hydrogens (tertiary/aromatic N) is 1. The number of carboxylic acid groups (broad SMARTS) is 1. The summed E-state index contributed by atoms with van der Waals surface area (Å²) >= 11 is 0. The Labute approximate surface area is 184 Å². The topological polar surface area (TPSA) is 101 Å². The summed E-state index contributed by atoms with van der Waals surface area (Å²) in [6.07, 6.45) is 11.7. The standard InChI is InChI=1S/C24H35N3O4/c28-23(19-15-18-12-13-21(19)31-18)27-20(24(29)30)9-5-3-1-2-4-8-17-11-10-16-7-6-14-25-22(16)26-17/h10-11,18-21H,1-9,12-15H2,(H,25,26)(H,27,28)(H,29,30)/t18?,19-,20-,21?/m0/s1. The molecule has 4 atom stereocenters. The van der Waals surface area contributed by atoms with E-state index in [1.165, 1.54) is 12.0 Å². The number of carbonyl (C=O) groups excluding carboxylic acids is 1. The van der Waals surface area contributed by atoms with Gasteiger partial charge in [-0.2, -0.15) is 0 Å². The van der Waals surface area contributed by atoms with Crippen LogP contribution in [0.1, 0.15) is 75.5 Å². The Morgan fingerprint density at radius 1 is 1.19 bits per heavy atom. The highest BCUT2D eigenvalue weighted by molar-refractivity contribution is 5.85. The van der Waals surface area contributed by atoms with E-state index < -0.39 is 12.0 Å². The average Bonchev–Trinajstić information content (AvgIpc) is 3.41. The van der Waals surface area contributed by atoms with Crippen LogP contribution in [-0.4, -0.2) is 46.8 Å². The number of carboxylic acids is 1. The zero-order valence-electron chi connectivity index (χ0n) is 18.3. The van der Waals surface area contributed by atoms with Crippen LogP contribution in [0.15, 0.2) is 12.1 Å². The molecule has 4 heterocycles. The summed E-state index contributed by atoms with van der Waals surface area (Å²) < 4.78 is 5.73. The first-order valence-corrected chi connectivity index (χ1v) is 12.0. The van der Waals surface area contributed by atoms with Gasteiger partial charge in [0.2, 0.25) is 5.91 Å². The molecule has 7 nitrogen and oxygen atoms in total. The van der Waals surface area contributed by atoms with Gasteiger partial charge in [0.1, 0.15) is 11.9 Å². The number of anilines is 1. The van der Waals surface area contributed by atoms with E-state index in [0.717, 1.165) is 82.3 Å². The largest absolute Gasteiger partial charge is 0.480 e. The van der Waals surface area contributed by atoms with Crippen LogP contribution in [0.25, 0.3) is 0 Å². The second-order valence-electron chi connectivity index (χ2n) is 9.26. The Morgan fingerprint density at radius 2 is 2.03 bits per heavy atom. The van der Waals surface area contributed by atoms with Gasteiger partial charge in [0.25, 0.3) is 0 Å². The first-order valence-electron chi connectivity index (χ1n) is 12.0. The molecule has 0 aromatic carbocycles. The van der Waals surface area contributed by atoms with E-state index in [0.29, 0.717) is 6.42 Å². The molecule has 3 N–H and O–H groups in total. The molecule has 1 aromatic heterocycles. The molecule has 2 fully saturated rings. The first-order chi connectivity index (χ1) is 15.1. The van der Waals surface area contributed by atoms with Gasteiger partial charge < -0.3 is 20.5 Å². The van der Waals surface area contributed by atoms with Crippen LogP contribution in [0.5, 0.6) is 0 Å². The van der Waals surface area contributed by atoms with Crippen LogP contribution in [0.3, 0.4) is 0 Å². The monoisotopic (exact) mass is 429 g/mol. The van der Waals surface area contributed by atoms with Gasteiger partial charge in [0.15, 0.2) is 0 Å². The number of nitrogens with one attached hydrogen (secondary N) is 2. The summed E-state index contributed by atoms with van der Waals surface area (Å²) in [7, 11) is 0. The van der Waals surface area contributed by atoms with Crippen molar-refractivity contribution in [1.29, 1.82) is 0 Å². The summed E-state index contributed by atoms with van der Waals surface area (Å²) in [5.74, 6) is -0.202. The van der Waals surface area contributed by atoms with Crippen LogP contribution in [0.4, 0.5) is 5.82 Å². The molecule has 0 aliphatic carbocycles. The molecule has 1 amide bonds. The maximum Gasteiger partial charge on any atom is 0.326 e. The van der Waals surface area contributed by atoms with E-state index in [9.17, 15) is 14.7 Å². The molecule has 2 unspecified atom stereocenters. The molecule has 170 valence electrons. The van der Waals surface area contributed by atoms with Crippen molar-refractivity contribution in [3.05, 3.63) is 23.4 Å². The number of ether oxygens (including phenoxy) is 1. The van der Waals surface area contributed by atoms with E-state index in [4.69, 9.17) is 9.72 Å². The third kappa shape index (κ3) is 5.76. The lowest BCUT2D eigenvalue weighted by Gasteiger charge is -2.21. The van der Waals surface area contributed by atoms with Crippen molar-refractivity contribution in [3.63, 3.8) is 0 Å². The number of aryl methyl sites for hydroxylation is 2. The van der Waals surface area contributed by atoms with Crippen molar-refractivity contribution in [2.24, 2.45) is 5.92 Å². The van der Waals surface area contributed by atoms with Gasteiger partial charge in [-0.15, -0.1) is 0 Å². The van der Waals surface area contributed by atoms with Crippen LogP contribution in [-0.2, 0) is 27.2 Å². The van der Waals surface area contributed by atoms with E-state index in [1.807, 2.05) is 0 Å². The molecule has 0 spiro atoms. The van der Waals surface area contributed by atoms with Crippen molar-refractivity contribution in [3.8, 4) is 0 Å². The molecule has 0 radical (unpaired) electrons. The average molecular weight is 430 g/mol. The Hall–Kier alpha value is -2.15. The molecule has 4 rings (SSSR count). The molecule has 7 heteroatoms. The second kappa shape index (κ2) is 10.4. The third-order valence-corrected chi connectivity index (χ3v) is 6.93. The van der Waals surface area contributed by atoms with Crippen LogP contribution >= 0.6 is 0 Å². The van der Waals surface area contributed by atoms with Gasteiger partial charge in [-0.3, -0.25) is 4.79 Å². The van der Waals surface area contributed by atoms with E-state index in [1.54, 1.807) is 0 Å². The molecule has 0 saturated carbocycles. The molecular weight excluding hydrogens is 394 g/mol. The smallest absolute Gasteiger partial charge is 0.326 e. The van der Waals surface area contributed by atoms with Gasteiger partial charge >= 0.3 is 5.97 Å². The van der Waals surface area contributed by atoms with E-state index in [-0.39, 0.29) is 24.0 Å². The summed E-state index contributed by atoms with van der Waals surface area (Å²) in [6, 6.07) is 3.55. The summed E-state index contributed by atoms with van der Waals surface area (Å²) in [5, 5.41) is 15.6. The number of hydrogen-bond donors (Lipinski definition) is 3. The number of aliphatic carboxylic acids is 1. The predicted octanol–water partition coefficient (Wildman–Crippen LogP) is 3.46. The third-order valence-electron chi connectivity index (χ3n) is 6.93. The number of rotatable bonds is 11. The van der Waals surface area contributed by atoms with Gasteiger partial charge in [-0.1, -0.05) is 31.7 Å². The number of unbranched alkanes of at least 4 members (excludes halogenated alkanes) is 4. The highest BCUT2D eigenvalue weighted by Gasteiger charge is 2.45. The Balaban J connectivity index is 1.10. The number of pyridine rings is 1. The lowest BCUT2D eigenvalue weighted by Crippen LogP contribution is -2.45. The van der Waals surface area contributed by atoms with E-state index in [2.05, 4.69) is 22.8 Å². The summed E-state index contributed by atoms with van der Waals surface area (Å²) in [5.41, 5.74) is 2.47. The minimum absolute atomic E-state index is 0.0140. The fraction of sp³-hybridized carbons (Fsp3) is 0.708. The quantitative estimate of drug-likeness (QED) is 0.466. The Morgan fingerprint density at radius 3 is 2.81 bits per heavy atom. The molecule has 2 bridgehead atoms. The van der Waals surface area contributed by atoms with Gasteiger partial charge in [-0.25, -0.2) is 9.78 Å². The lowest BCUT2D eigenvalue weighted by molar-refractivity contribution is -0.143. The van der Waals surface area contributed by atoms with Crippen molar-refractivity contribution < 1.29 is 19.4 Å². The lowest BCUT2D eigenvalue weighted by atomic mass is 9.88. The van der Waals surface area contributed by atoms with Gasteiger partial charge in [0.05, 0.1) is 18.1 Å². The normalized spacial score (nSPS) is 25.0. The minimum Gasteiger partial charge on any atom is -0.480 e. The second-order valence-corrected chi connectivity index (χ2v) is 9.26. The Bertz CT molecular complexity index is 784. The number of hydrogen-bond acceptors (Lipinski definition) is 5. The highest BCUT2D eigenvalue weighted by atomic mass is 16.5. The van der Waals surface area contributed by atoms with E-state index >= 15 is 0 Å². The summed E-state index contributed by atoms with van der Waals surface area (Å²) in [4.78, 5) is 28.8. The van der Waals surface area contributed by atoms with Crippen LogP contribution < -0.4 is 10.6 Å². The number of fused-ring (bicyclic) bond motifs is 3. The number of amides is 1. The highest BCUT2D eigenvalue weighted by Crippen LogP contribution is 2.38. The maximum absolute atomic E-state index is 12.5. The molecule has 2 saturated heterocycles. The van der Waals surface area contributed by atoms with Gasteiger partial charge in [-0.05, 0) is 63.0 Å². The van der Waals surface area contributed by atoms with Crippen LogP contribution in [0, 0.1) is 5.92 Å². The van der Waals surface area contributed by atoms with Crippen molar-refractivity contribution in [2.75, 3.05) is 11.9 Å². The zero-order valence-corrected chi connectivity index (χ0v) is 18.3.